The molecule has 78 valence electrons. The standard InChI is InChI=1S/C8H7BrF3NO/c9-4-1-2-6(14)5(3-4)7(13)8(10,11)12/h1-3,7,14H,13H2. The van der Waals surface area contributed by atoms with Gasteiger partial charge in [-0.15, -0.1) is 0 Å². The molecule has 6 heteroatoms. The first-order valence-electron chi connectivity index (χ1n) is 3.63. The second kappa shape index (κ2) is 3.78. The molecule has 0 saturated heterocycles. The highest BCUT2D eigenvalue weighted by Crippen LogP contribution is 2.36. The van der Waals surface area contributed by atoms with Crippen LogP contribution >= 0.6 is 15.9 Å². The van der Waals surface area contributed by atoms with Gasteiger partial charge in [-0.3, -0.25) is 0 Å². The van der Waals surface area contributed by atoms with Crippen molar-refractivity contribution >= 4 is 15.9 Å². The summed E-state index contributed by atoms with van der Waals surface area (Å²) in [6.07, 6.45) is -4.56. The molecule has 0 bridgehead atoms. The predicted molar refractivity (Wildman–Crippen MR) is 48.8 cm³/mol. The Morgan fingerprint density at radius 1 is 1.36 bits per heavy atom. The van der Waals surface area contributed by atoms with Gasteiger partial charge in [-0.05, 0) is 18.2 Å². The van der Waals surface area contributed by atoms with Crippen molar-refractivity contribution in [1.82, 2.24) is 0 Å². The molecule has 0 amide bonds. The van der Waals surface area contributed by atoms with Crippen LogP contribution < -0.4 is 5.73 Å². The molecule has 0 spiro atoms. The lowest BCUT2D eigenvalue weighted by molar-refractivity contribution is -0.149. The molecule has 14 heavy (non-hydrogen) atoms. The molecular weight excluding hydrogens is 263 g/mol. The van der Waals surface area contributed by atoms with Crippen LogP contribution in [0.2, 0.25) is 0 Å². The van der Waals surface area contributed by atoms with Crippen LogP contribution in [0, 0.1) is 0 Å². The number of phenols is 1. The van der Waals surface area contributed by atoms with Gasteiger partial charge in [-0.1, -0.05) is 15.9 Å². The Labute approximate surface area is 86.7 Å². The fraction of sp³-hybridized carbons (Fsp3) is 0.250. The summed E-state index contributed by atoms with van der Waals surface area (Å²) in [5.41, 5.74) is 4.60. The van der Waals surface area contributed by atoms with Gasteiger partial charge < -0.3 is 10.8 Å². The normalized spacial score (nSPS) is 14.1. The number of aromatic hydroxyl groups is 1. The zero-order valence-corrected chi connectivity index (χ0v) is 8.43. The van der Waals surface area contributed by atoms with Crippen molar-refractivity contribution < 1.29 is 18.3 Å². The Kier molecular flexibility index (Phi) is 3.06. The number of rotatable bonds is 1. The van der Waals surface area contributed by atoms with Crippen LogP contribution in [-0.2, 0) is 0 Å². The molecular formula is C8H7BrF3NO. The van der Waals surface area contributed by atoms with E-state index in [1.165, 1.54) is 6.07 Å². The van der Waals surface area contributed by atoms with Crippen molar-refractivity contribution in [2.75, 3.05) is 0 Å². The van der Waals surface area contributed by atoms with Crippen molar-refractivity contribution in [3.63, 3.8) is 0 Å². The van der Waals surface area contributed by atoms with Crippen LogP contribution in [0.25, 0.3) is 0 Å². The second-order valence-electron chi connectivity index (χ2n) is 2.72. The number of hydrogen-bond acceptors (Lipinski definition) is 2. The summed E-state index contributed by atoms with van der Waals surface area (Å²) >= 11 is 3.00. The molecule has 2 nitrogen and oxygen atoms in total. The third-order valence-electron chi connectivity index (χ3n) is 1.68. The third-order valence-corrected chi connectivity index (χ3v) is 2.17. The Hall–Kier alpha value is -0.750. The van der Waals surface area contributed by atoms with E-state index >= 15 is 0 Å². The number of alkyl halides is 3. The second-order valence-corrected chi connectivity index (χ2v) is 3.64. The lowest BCUT2D eigenvalue weighted by atomic mass is 10.1. The summed E-state index contributed by atoms with van der Waals surface area (Å²) in [5, 5.41) is 9.17. The van der Waals surface area contributed by atoms with Gasteiger partial charge in [0, 0.05) is 10.0 Å². The minimum Gasteiger partial charge on any atom is -0.508 e. The number of phenolic OH excluding ortho intramolecular Hbond substituents is 1. The van der Waals surface area contributed by atoms with Crippen LogP contribution in [0.1, 0.15) is 11.6 Å². The summed E-state index contributed by atoms with van der Waals surface area (Å²) < 4.78 is 37.0. The molecule has 0 heterocycles. The van der Waals surface area contributed by atoms with E-state index in [-0.39, 0.29) is 5.56 Å². The summed E-state index contributed by atoms with van der Waals surface area (Å²) in [6.45, 7) is 0. The van der Waals surface area contributed by atoms with Crippen LogP contribution in [0.4, 0.5) is 13.2 Å². The van der Waals surface area contributed by atoms with Crippen molar-refractivity contribution in [2.24, 2.45) is 5.73 Å². The summed E-state index contributed by atoms with van der Waals surface area (Å²) in [6, 6.07) is 1.57. The molecule has 0 aliphatic heterocycles. The van der Waals surface area contributed by atoms with E-state index < -0.39 is 18.0 Å². The molecule has 0 aromatic heterocycles. The number of benzene rings is 1. The minimum absolute atomic E-state index is 0.341. The zero-order chi connectivity index (χ0) is 10.9. The summed E-state index contributed by atoms with van der Waals surface area (Å²) in [5.74, 6) is -0.460. The van der Waals surface area contributed by atoms with Gasteiger partial charge in [0.05, 0.1) is 0 Å². The fourth-order valence-electron chi connectivity index (χ4n) is 0.951. The molecule has 1 rings (SSSR count). The Morgan fingerprint density at radius 2 is 1.93 bits per heavy atom. The highest BCUT2D eigenvalue weighted by Gasteiger charge is 2.39. The number of hydrogen-bond donors (Lipinski definition) is 2. The highest BCUT2D eigenvalue weighted by molar-refractivity contribution is 9.10. The summed E-state index contributed by atoms with van der Waals surface area (Å²) in [7, 11) is 0. The lowest BCUT2D eigenvalue weighted by Gasteiger charge is -2.17. The van der Waals surface area contributed by atoms with E-state index in [9.17, 15) is 13.2 Å². The van der Waals surface area contributed by atoms with Gasteiger partial charge >= 0.3 is 6.18 Å². The maximum absolute atomic E-state index is 12.2. The van der Waals surface area contributed by atoms with Gasteiger partial charge in [-0.25, -0.2) is 0 Å². The van der Waals surface area contributed by atoms with Crippen LogP contribution in [-0.4, -0.2) is 11.3 Å². The predicted octanol–water partition coefficient (Wildman–Crippen LogP) is 2.72. The van der Waals surface area contributed by atoms with Crippen molar-refractivity contribution in [3.8, 4) is 5.75 Å². The van der Waals surface area contributed by atoms with E-state index in [0.29, 0.717) is 4.47 Å². The smallest absolute Gasteiger partial charge is 0.407 e. The van der Waals surface area contributed by atoms with Crippen LogP contribution in [0.5, 0.6) is 5.75 Å². The van der Waals surface area contributed by atoms with Gasteiger partial charge in [-0.2, -0.15) is 13.2 Å². The third kappa shape index (κ3) is 2.39. The summed E-state index contributed by atoms with van der Waals surface area (Å²) in [4.78, 5) is 0. The molecule has 0 aliphatic carbocycles. The quantitative estimate of drug-likeness (QED) is 0.824. The maximum Gasteiger partial charge on any atom is 0.407 e. The van der Waals surface area contributed by atoms with E-state index in [1.807, 2.05) is 0 Å². The number of halogens is 4. The largest absolute Gasteiger partial charge is 0.508 e. The van der Waals surface area contributed by atoms with Crippen molar-refractivity contribution in [3.05, 3.63) is 28.2 Å². The first kappa shape index (κ1) is 11.3. The lowest BCUT2D eigenvalue weighted by Crippen LogP contribution is -2.28. The van der Waals surface area contributed by atoms with E-state index in [2.05, 4.69) is 15.9 Å². The number of nitrogens with two attached hydrogens (primary N) is 1. The molecule has 0 fully saturated rings. The van der Waals surface area contributed by atoms with E-state index in [4.69, 9.17) is 10.8 Å². The van der Waals surface area contributed by atoms with Gasteiger partial charge in [0.25, 0.3) is 0 Å². The fourth-order valence-corrected chi connectivity index (χ4v) is 1.33. The Morgan fingerprint density at radius 3 is 2.43 bits per heavy atom. The molecule has 0 saturated carbocycles. The van der Waals surface area contributed by atoms with Gasteiger partial charge in [0.1, 0.15) is 11.8 Å². The Balaban J connectivity index is 3.12. The molecule has 1 aromatic carbocycles. The maximum atomic E-state index is 12.2. The van der Waals surface area contributed by atoms with E-state index in [0.717, 1.165) is 12.1 Å². The van der Waals surface area contributed by atoms with E-state index in [1.54, 1.807) is 0 Å². The van der Waals surface area contributed by atoms with Crippen LogP contribution in [0.3, 0.4) is 0 Å². The Bertz CT molecular complexity index is 340. The average molecular weight is 270 g/mol. The first-order chi connectivity index (χ1) is 6.32. The SMILES string of the molecule is NC(c1cc(Br)ccc1O)C(F)(F)F. The average Bonchev–Trinajstić information content (AvgIpc) is 2.06. The molecule has 3 N–H and O–H groups in total. The molecule has 1 aromatic rings. The highest BCUT2D eigenvalue weighted by atomic mass is 79.9. The zero-order valence-electron chi connectivity index (χ0n) is 6.85. The van der Waals surface area contributed by atoms with Crippen molar-refractivity contribution in [1.29, 1.82) is 0 Å². The molecule has 0 radical (unpaired) electrons. The molecule has 1 atom stereocenters. The van der Waals surface area contributed by atoms with Gasteiger partial charge in [0.2, 0.25) is 0 Å². The van der Waals surface area contributed by atoms with Crippen molar-refractivity contribution in [2.45, 2.75) is 12.2 Å². The molecule has 0 aliphatic rings. The van der Waals surface area contributed by atoms with Crippen LogP contribution in [0.15, 0.2) is 22.7 Å². The monoisotopic (exact) mass is 269 g/mol. The minimum atomic E-state index is -4.56. The van der Waals surface area contributed by atoms with Gasteiger partial charge in [0.15, 0.2) is 0 Å². The molecule has 1 unspecified atom stereocenters. The first-order valence-corrected chi connectivity index (χ1v) is 4.42. The topological polar surface area (TPSA) is 46.2 Å².